The summed E-state index contributed by atoms with van der Waals surface area (Å²) in [6.45, 7) is 9.27. The lowest BCUT2D eigenvalue weighted by atomic mass is 9.93. The van der Waals surface area contributed by atoms with Crippen molar-refractivity contribution in [2.24, 2.45) is 10.8 Å². The molecule has 5 aliphatic rings. The van der Waals surface area contributed by atoms with E-state index in [2.05, 4.69) is 22.0 Å². The standard InChI is InChI=1S/C38H44F2N6O2/c1-3-24-19-46-25(18-41-24)5-7-29-31-34(32(40)33(42-29)27-17-26(47)16-23-4-6-28(39)22(2)30(23)27)43-36(44-35(31)46)48-21-38(10-11-38)20-45-14-12-37(8-9-37)13-15-45/h4,6,16-17,24-25,41,47H,3,5,7-15,18-21H2,1-2H3/t24-,25-/m1/s1. The molecule has 2 aliphatic carbocycles. The third-order valence-corrected chi connectivity index (χ3v) is 12.2. The zero-order valence-electron chi connectivity index (χ0n) is 27.9. The molecular formula is C38H44F2N6O2. The highest BCUT2D eigenvalue weighted by Crippen LogP contribution is 2.55. The van der Waals surface area contributed by atoms with Crippen molar-refractivity contribution in [2.45, 2.75) is 83.7 Å². The topological polar surface area (TPSA) is 86.6 Å². The number of piperidine rings is 1. The van der Waals surface area contributed by atoms with Crippen molar-refractivity contribution in [3.8, 4) is 23.0 Å². The molecule has 8 nitrogen and oxygen atoms in total. The molecular weight excluding hydrogens is 610 g/mol. The highest BCUT2D eigenvalue weighted by molar-refractivity contribution is 6.02. The van der Waals surface area contributed by atoms with Crippen LogP contribution in [0.3, 0.4) is 0 Å². The van der Waals surface area contributed by atoms with Crippen LogP contribution in [0.1, 0.15) is 69.5 Å². The van der Waals surface area contributed by atoms with E-state index in [1.165, 1.54) is 37.8 Å². The Morgan fingerprint density at radius 1 is 1.02 bits per heavy atom. The molecule has 5 heterocycles. The van der Waals surface area contributed by atoms with Gasteiger partial charge in [0, 0.05) is 42.7 Å². The van der Waals surface area contributed by atoms with Crippen LogP contribution >= 0.6 is 0 Å². The fourth-order valence-electron chi connectivity index (χ4n) is 8.67. The molecule has 2 saturated heterocycles. The Hall–Kier alpha value is -3.63. The van der Waals surface area contributed by atoms with E-state index >= 15 is 4.39 Å². The van der Waals surface area contributed by atoms with Gasteiger partial charge in [-0.05, 0) is 118 Å². The van der Waals surface area contributed by atoms with Gasteiger partial charge < -0.3 is 25.0 Å². The summed E-state index contributed by atoms with van der Waals surface area (Å²) in [5, 5.41) is 16.1. The minimum atomic E-state index is -0.609. The van der Waals surface area contributed by atoms with Gasteiger partial charge in [-0.15, -0.1) is 0 Å². The first-order valence-electron chi connectivity index (χ1n) is 17.9. The number of fused-ring (bicyclic) bond motifs is 3. The molecule has 2 N–H and O–H groups in total. The van der Waals surface area contributed by atoms with Gasteiger partial charge in [0.1, 0.15) is 28.6 Å². The van der Waals surface area contributed by atoms with Gasteiger partial charge in [-0.1, -0.05) is 13.0 Å². The zero-order valence-corrected chi connectivity index (χ0v) is 27.9. The van der Waals surface area contributed by atoms with Crippen LogP contribution in [0.25, 0.3) is 32.9 Å². The number of hydrogen-bond acceptors (Lipinski definition) is 8. The molecule has 252 valence electrons. The van der Waals surface area contributed by atoms with Crippen molar-refractivity contribution in [3.05, 3.63) is 47.2 Å². The molecule has 4 fully saturated rings. The molecule has 4 aromatic rings. The van der Waals surface area contributed by atoms with Crippen LogP contribution in [0, 0.1) is 29.4 Å². The summed E-state index contributed by atoms with van der Waals surface area (Å²) in [6, 6.07) is 6.69. The number of pyridine rings is 1. The molecule has 48 heavy (non-hydrogen) atoms. The van der Waals surface area contributed by atoms with Gasteiger partial charge in [0.15, 0.2) is 5.82 Å². The summed E-state index contributed by atoms with van der Waals surface area (Å²) in [7, 11) is 0. The van der Waals surface area contributed by atoms with Crippen LogP contribution < -0.4 is 15.0 Å². The Labute approximate surface area is 279 Å². The van der Waals surface area contributed by atoms with Crippen LogP contribution in [0.4, 0.5) is 14.6 Å². The first-order chi connectivity index (χ1) is 23.2. The van der Waals surface area contributed by atoms with Crippen LogP contribution in [0.5, 0.6) is 11.8 Å². The summed E-state index contributed by atoms with van der Waals surface area (Å²) < 4.78 is 38.4. The molecule has 2 atom stereocenters. The predicted molar refractivity (Wildman–Crippen MR) is 183 cm³/mol. The monoisotopic (exact) mass is 654 g/mol. The number of ether oxygens (including phenoxy) is 1. The molecule has 0 amide bonds. The van der Waals surface area contributed by atoms with Gasteiger partial charge >= 0.3 is 6.01 Å². The van der Waals surface area contributed by atoms with Crippen LogP contribution in [-0.4, -0.2) is 76.4 Å². The number of aryl methyl sites for hydroxylation is 2. The van der Waals surface area contributed by atoms with Crippen molar-refractivity contribution in [2.75, 3.05) is 44.2 Å². The maximum absolute atomic E-state index is 17.1. The molecule has 10 heteroatoms. The lowest BCUT2D eigenvalue weighted by Crippen LogP contribution is -2.56. The second-order valence-corrected chi connectivity index (χ2v) is 15.5. The third kappa shape index (κ3) is 5.18. The van der Waals surface area contributed by atoms with E-state index in [9.17, 15) is 9.50 Å². The summed E-state index contributed by atoms with van der Waals surface area (Å²) in [5.74, 6) is -0.354. The van der Waals surface area contributed by atoms with Crippen molar-refractivity contribution < 1.29 is 18.6 Å². The molecule has 3 aliphatic heterocycles. The van der Waals surface area contributed by atoms with Gasteiger partial charge in [-0.2, -0.15) is 9.97 Å². The first-order valence-corrected chi connectivity index (χ1v) is 17.9. The SMILES string of the molecule is CC[C@@H]1CN2c3nc(OCC4(CN5CCC6(CC5)CC6)CC4)nc4c(F)c(-c5cc(O)cc6ccc(F)c(C)c56)nc(c34)CC[C@@H]2CN1. The Morgan fingerprint density at radius 2 is 1.83 bits per heavy atom. The highest BCUT2D eigenvalue weighted by atomic mass is 19.1. The number of halogens is 2. The highest BCUT2D eigenvalue weighted by Gasteiger charge is 2.49. The average molecular weight is 655 g/mol. The Kier molecular flexibility index (Phi) is 7.10. The van der Waals surface area contributed by atoms with E-state index in [4.69, 9.17) is 19.7 Å². The normalized spacial score (nSPS) is 24.1. The average Bonchev–Trinajstić information content (AvgIpc) is 4.03. The number of nitrogens with zero attached hydrogens (tertiary/aromatic N) is 5. The molecule has 9 rings (SSSR count). The van der Waals surface area contributed by atoms with Crippen molar-refractivity contribution in [1.82, 2.24) is 25.2 Å². The smallest absolute Gasteiger partial charge is 0.319 e. The number of piperazine rings is 1. The van der Waals surface area contributed by atoms with E-state index in [1.807, 2.05) is 0 Å². The number of anilines is 1. The van der Waals surface area contributed by atoms with Crippen LogP contribution in [-0.2, 0) is 6.42 Å². The van der Waals surface area contributed by atoms with Gasteiger partial charge in [-0.3, -0.25) is 0 Å². The van der Waals surface area contributed by atoms with E-state index in [1.54, 1.807) is 19.1 Å². The lowest BCUT2D eigenvalue weighted by molar-refractivity contribution is 0.115. The minimum absolute atomic E-state index is 0.0346. The number of aromatic nitrogens is 3. The molecule has 0 bridgehead atoms. The van der Waals surface area contributed by atoms with Crippen molar-refractivity contribution in [1.29, 1.82) is 0 Å². The number of nitrogens with one attached hydrogen (secondary N) is 1. The van der Waals surface area contributed by atoms with Crippen molar-refractivity contribution >= 4 is 27.5 Å². The maximum Gasteiger partial charge on any atom is 0.319 e. The number of benzene rings is 2. The maximum atomic E-state index is 17.1. The van der Waals surface area contributed by atoms with Crippen LogP contribution in [0.2, 0.25) is 0 Å². The summed E-state index contributed by atoms with van der Waals surface area (Å²) in [6.07, 6.45) is 10.0. The Balaban J connectivity index is 1.13. The Morgan fingerprint density at radius 3 is 2.58 bits per heavy atom. The third-order valence-electron chi connectivity index (χ3n) is 12.2. The summed E-state index contributed by atoms with van der Waals surface area (Å²) in [4.78, 5) is 19.7. The van der Waals surface area contributed by atoms with Gasteiger partial charge in [0.25, 0.3) is 0 Å². The number of phenolic OH excluding ortho intramolecular Hbond substituents is 1. The predicted octanol–water partition coefficient (Wildman–Crippen LogP) is 6.68. The number of phenols is 1. The number of aromatic hydroxyl groups is 1. The summed E-state index contributed by atoms with van der Waals surface area (Å²) in [5.41, 5.74) is 2.41. The number of hydrogen-bond donors (Lipinski definition) is 2. The fourth-order valence-corrected chi connectivity index (χ4v) is 8.67. The molecule has 1 spiro atoms. The molecule has 2 aromatic heterocycles. The first kappa shape index (κ1) is 30.4. The summed E-state index contributed by atoms with van der Waals surface area (Å²) >= 11 is 0. The molecule has 2 saturated carbocycles. The van der Waals surface area contributed by atoms with E-state index in [-0.39, 0.29) is 34.4 Å². The second kappa shape index (κ2) is 11.2. The fraction of sp³-hybridized carbons (Fsp3) is 0.553. The quantitative estimate of drug-likeness (QED) is 0.229. The van der Waals surface area contributed by atoms with Crippen molar-refractivity contribution in [3.63, 3.8) is 0 Å². The van der Waals surface area contributed by atoms with Gasteiger partial charge in [-0.25, -0.2) is 13.8 Å². The van der Waals surface area contributed by atoms with Gasteiger partial charge in [0.2, 0.25) is 0 Å². The Bertz CT molecular complexity index is 1930. The molecule has 2 aromatic carbocycles. The largest absolute Gasteiger partial charge is 0.508 e. The van der Waals surface area contributed by atoms with E-state index in [0.29, 0.717) is 63.3 Å². The number of likely N-dealkylation sites (tertiary alicyclic amines) is 1. The van der Waals surface area contributed by atoms with Crippen LogP contribution in [0.15, 0.2) is 24.3 Å². The van der Waals surface area contributed by atoms with E-state index in [0.717, 1.165) is 58.4 Å². The van der Waals surface area contributed by atoms with Gasteiger partial charge in [0.05, 0.1) is 17.7 Å². The zero-order chi connectivity index (χ0) is 32.8. The lowest BCUT2D eigenvalue weighted by Gasteiger charge is -2.40. The number of rotatable bonds is 7. The van der Waals surface area contributed by atoms with E-state index < -0.39 is 11.6 Å². The second-order valence-electron chi connectivity index (χ2n) is 15.5. The molecule has 0 unspecified atom stereocenters. The molecule has 0 radical (unpaired) electrons. The minimum Gasteiger partial charge on any atom is -0.508 e.